The molecule has 0 saturated carbocycles. The van der Waals surface area contributed by atoms with Crippen LogP contribution in [0.4, 0.5) is 18.9 Å². The monoisotopic (exact) mass is 792 g/mol. The maximum Gasteiger partial charge on any atom is 0.416 e. The zero-order chi connectivity index (χ0) is 39.1. The maximum atomic E-state index is 13.6. The molecule has 0 amide bonds. The smallest absolute Gasteiger partial charge is 0.416 e. The van der Waals surface area contributed by atoms with Gasteiger partial charge in [-0.25, -0.2) is 0 Å². The molecule has 1 saturated heterocycles. The molecule has 8 nitrogen and oxygen atoms in total. The van der Waals surface area contributed by atoms with E-state index in [1.54, 1.807) is 54.8 Å². The van der Waals surface area contributed by atoms with Gasteiger partial charge in [0.2, 0.25) is 11.5 Å². The molecule has 5 aromatic rings. The van der Waals surface area contributed by atoms with Crippen molar-refractivity contribution in [2.45, 2.75) is 38.1 Å². The van der Waals surface area contributed by atoms with Crippen molar-refractivity contribution < 1.29 is 41.6 Å². The Labute approximate surface area is 333 Å². The molecule has 1 heterocycles. The fraction of sp³-hybridized carbons (Fsp3) is 0.318. The highest BCUT2D eigenvalue weighted by molar-refractivity contribution is 5.85. The number of hydrogen-bond acceptors (Lipinski definition) is 8. The van der Waals surface area contributed by atoms with Gasteiger partial charge in [0, 0.05) is 37.9 Å². The first-order chi connectivity index (χ1) is 26.6. The lowest BCUT2D eigenvalue weighted by Gasteiger charge is -2.40. The summed E-state index contributed by atoms with van der Waals surface area (Å²) in [6.45, 7) is 2.95. The minimum absolute atomic E-state index is 0. The zero-order valence-electron chi connectivity index (χ0n) is 32.4. The second-order valence-corrected chi connectivity index (χ2v) is 13.4. The number of alkyl halides is 3. The Morgan fingerprint density at radius 2 is 1.02 bits per heavy atom. The van der Waals surface area contributed by atoms with Gasteiger partial charge in [0.25, 0.3) is 0 Å². The Kier molecular flexibility index (Phi) is 13.9. The Bertz CT molecular complexity index is 2020. The Morgan fingerprint density at radius 1 is 0.571 bits per heavy atom. The second-order valence-electron chi connectivity index (χ2n) is 13.4. The summed E-state index contributed by atoms with van der Waals surface area (Å²) in [5.41, 5.74) is 6.12. The number of hydrogen-bond donors (Lipinski definition) is 0. The summed E-state index contributed by atoms with van der Waals surface area (Å²) in [6, 6.07) is 29.9. The first kappa shape index (κ1) is 41.9. The number of piperidine rings is 1. The number of ether oxygens (including phenoxy) is 6. The molecule has 0 atom stereocenters. The van der Waals surface area contributed by atoms with E-state index in [4.69, 9.17) is 28.4 Å². The first-order valence-corrected chi connectivity index (χ1v) is 18.0. The standard InChI is InChI=1S/C44H47F3N2O6.ClH/c1-50-38-23-33(24-39(51-2)42(38)54-5)31-11-7-9-29(21-31)27-48-19-17-37(18-20-48)49(36-15-13-35(14-16-36)44(45,46)47)28-30-10-8-12-32(22-30)34-25-40(52-3)43(55-6)41(26-34)53-4;/h7-16,21-26,37H,17-20,27-28H2,1-6H3;1H. The predicted octanol–water partition coefficient (Wildman–Crippen LogP) is 10.2. The molecular weight excluding hydrogens is 745 g/mol. The lowest BCUT2D eigenvalue weighted by Crippen LogP contribution is -2.44. The van der Waals surface area contributed by atoms with Crippen molar-refractivity contribution in [2.75, 3.05) is 60.6 Å². The van der Waals surface area contributed by atoms with Gasteiger partial charge in [-0.1, -0.05) is 36.4 Å². The number of nitrogens with zero attached hydrogens (tertiary/aromatic N) is 2. The van der Waals surface area contributed by atoms with Gasteiger partial charge in [-0.15, -0.1) is 12.4 Å². The molecule has 0 aliphatic carbocycles. The number of methoxy groups -OCH3 is 6. The first-order valence-electron chi connectivity index (χ1n) is 18.0. The fourth-order valence-electron chi connectivity index (χ4n) is 7.31. The SMILES string of the molecule is COc1cc(-c2cccc(CN3CCC(N(Cc4cccc(-c5cc(OC)c(OC)c(OC)c5)c4)c4ccc(C(F)(F)F)cc4)CC3)c2)cc(OC)c1OC.Cl. The van der Waals surface area contributed by atoms with Gasteiger partial charge in [-0.3, -0.25) is 4.90 Å². The van der Waals surface area contributed by atoms with Crippen LogP contribution in [0, 0.1) is 0 Å². The average molecular weight is 793 g/mol. The van der Waals surface area contributed by atoms with Crippen molar-refractivity contribution in [3.05, 3.63) is 114 Å². The van der Waals surface area contributed by atoms with E-state index in [0.717, 1.165) is 66.0 Å². The zero-order valence-corrected chi connectivity index (χ0v) is 33.3. The van der Waals surface area contributed by atoms with E-state index in [-0.39, 0.29) is 18.4 Å². The summed E-state index contributed by atoms with van der Waals surface area (Å²) in [5, 5.41) is 0. The van der Waals surface area contributed by atoms with Crippen LogP contribution in [-0.4, -0.2) is 66.7 Å². The van der Waals surface area contributed by atoms with Crippen LogP contribution in [0.1, 0.15) is 29.5 Å². The summed E-state index contributed by atoms with van der Waals surface area (Å²) in [4.78, 5) is 4.68. The van der Waals surface area contributed by atoms with Crippen LogP contribution in [0.2, 0.25) is 0 Å². The van der Waals surface area contributed by atoms with Gasteiger partial charge < -0.3 is 33.3 Å². The average Bonchev–Trinajstić information content (AvgIpc) is 3.21. The van der Waals surface area contributed by atoms with Crippen molar-refractivity contribution in [1.29, 1.82) is 0 Å². The van der Waals surface area contributed by atoms with E-state index >= 15 is 0 Å². The molecule has 5 aromatic carbocycles. The van der Waals surface area contributed by atoms with E-state index in [1.807, 2.05) is 36.4 Å². The van der Waals surface area contributed by atoms with Crippen molar-refractivity contribution in [3.63, 3.8) is 0 Å². The van der Waals surface area contributed by atoms with Crippen molar-refractivity contribution in [2.24, 2.45) is 0 Å². The molecule has 0 N–H and O–H groups in total. The molecule has 0 unspecified atom stereocenters. The summed E-state index contributed by atoms with van der Waals surface area (Å²) >= 11 is 0. The highest BCUT2D eigenvalue weighted by Gasteiger charge is 2.31. The van der Waals surface area contributed by atoms with Crippen LogP contribution in [0.3, 0.4) is 0 Å². The highest BCUT2D eigenvalue weighted by atomic mass is 35.5. The summed E-state index contributed by atoms with van der Waals surface area (Å²) in [7, 11) is 9.53. The number of benzene rings is 5. The van der Waals surface area contributed by atoms with E-state index in [2.05, 4.69) is 46.2 Å². The highest BCUT2D eigenvalue weighted by Crippen LogP contribution is 2.43. The molecule has 1 aliphatic rings. The molecule has 298 valence electrons. The minimum Gasteiger partial charge on any atom is -0.493 e. The topological polar surface area (TPSA) is 61.9 Å². The maximum absolute atomic E-state index is 13.6. The van der Waals surface area contributed by atoms with Crippen molar-refractivity contribution in [1.82, 2.24) is 4.90 Å². The molecule has 1 aliphatic heterocycles. The summed E-state index contributed by atoms with van der Waals surface area (Å²) < 4.78 is 74.1. The summed E-state index contributed by atoms with van der Waals surface area (Å²) in [6.07, 6.45) is -2.72. The van der Waals surface area contributed by atoms with Gasteiger partial charge in [0.15, 0.2) is 23.0 Å². The number of rotatable bonds is 14. The number of halogens is 4. The molecule has 56 heavy (non-hydrogen) atoms. The third-order valence-corrected chi connectivity index (χ3v) is 10.1. The second kappa shape index (κ2) is 18.6. The Hall–Kier alpha value is -5.26. The van der Waals surface area contributed by atoms with Crippen LogP contribution >= 0.6 is 12.4 Å². The van der Waals surface area contributed by atoms with Gasteiger partial charge >= 0.3 is 6.18 Å². The van der Waals surface area contributed by atoms with Crippen LogP contribution in [0.5, 0.6) is 34.5 Å². The fourth-order valence-corrected chi connectivity index (χ4v) is 7.31. The Morgan fingerprint density at radius 3 is 1.45 bits per heavy atom. The van der Waals surface area contributed by atoms with Crippen LogP contribution < -0.4 is 33.3 Å². The molecule has 0 radical (unpaired) electrons. The van der Waals surface area contributed by atoms with Gasteiger partial charge in [0.05, 0.1) is 48.2 Å². The van der Waals surface area contributed by atoms with E-state index in [1.165, 1.54) is 17.7 Å². The van der Waals surface area contributed by atoms with Gasteiger partial charge in [-0.2, -0.15) is 13.2 Å². The molecule has 6 rings (SSSR count). The van der Waals surface area contributed by atoms with E-state index in [9.17, 15) is 13.2 Å². The minimum atomic E-state index is -4.41. The van der Waals surface area contributed by atoms with Crippen molar-refractivity contribution >= 4 is 18.1 Å². The van der Waals surface area contributed by atoms with Gasteiger partial charge in [0.1, 0.15) is 0 Å². The molecular formula is C44H48ClF3N2O6. The van der Waals surface area contributed by atoms with Crippen LogP contribution in [0.25, 0.3) is 22.3 Å². The summed E-state index contributed by atoms with van der Waals surface area (Å²) in [5.74, 6) is 3.34. The van der Waals surface area contributed by atoms with Crippen LogP contribution in [-0.2, 0) is 19.3 Å². The quantitative estimate of drug-likeness (QED) is 0.110. The molecule has 0 bridgehead atoms. The number of likely N-dealkylation sites (tertiary alicyclic amines) is 1. The molecule has 12 heteroatoms. The third-order valence-electron chi connectivity index (χ3n) is 10.1. The predicted molar refractivity (Wildman–Crippen MR) is 216 cm³/mol. The lowest BCUT2D eigenvalue weighted by atomic mass is 9.98. The lowest BCUT2D eigenvalue weighted by molar-refractivity contribution is -0.137. The number of anilines is 1. The largest absolute Gasteiger partial charge is 0.493 e. The molecule has 1 fully saturated rings. The third kappa shape index (κ3) is 9.39. The molecule has 0 spiro atoms. The van der Waals surface area contributed by atoms with Crippen molar-refractivity contribution in [3.8, 4) is 56.8 Å². The van der Waals surface area contributed by atoms with E-state index < -0.39 is 11.7 Å². The Balaban J connectivity index is 0.00000600. The van der Waals surface area contributed by atoms with Crippen LogP contribution in [0.15, 0.2) is 97.1 Å². The van der Waals surface area contributed by atoms with E-state index in [0.29, 0.717) is 41.0 Å². The molecule has 0 aromatic heterocycles. The normalized spacial score (nSPS) is 13.4. The van der Waals surface area contributed by atoms with Gasteiger partial charge in [-0.05, 0) is 107 Å².